The standard InChI is InChI=1S/C31H37N7O/c1-21(2)27-18-28(38(36-27)20-23-10-6-5-7-11-23)30(39)32-19-22-14-16-24(17-15-22)33-31-34-26-13-9-8-12-25(26)29(35-31)37(3)4/h5-13,18,22,24H,1,14-17,19-20H2,2-4H3,(H,32,39)(H,33,34,35)/t22-,24+. The second-order valence-electron chi connectivity index (χ2n) is 10.7. The number of hydrogen-bond donors (Lipinski definition) is 2. The third kappa shape index (κ3) is 6.28. The van der Waals surface area contributed by atoms with Crippen molar-refractivity contribution in [2.75, 3.05) is 30.9 Å². The van der Waals surface area contributed by atoms with Crippen molar-refractivity contribution in [1.82, 2.24) is 25.1 Å². The maximum absolute atomic E-state index is 13.2. The largest absolute Gasteiger partial charge is 0.362 e. The Morgan fingerprint density at radius 1 is 1.03 bits per heavy atom. The Bertz CT molecular complexity index is 1450. The number of fused-ring (bicyclic) bond motifs is 1. The van der Waals surface area contributed by atoms with E-state index in [1.807, 2.05) is 80.5 Å². The molecule has 0 radical (unpaired) electrons. The predicted molar refractivity (Wildman–Crippen MR) is 158 cm³/mol. The zero-order chi connectivity index (χ0) is 27.4. The lowest BCUT2D eigenvalue weighted by Gasteiger charge is -2.29. The summed E-state index contributed by atoms with van der Waals surface area (Å²) in [6.45, 7) is 7.11. The number of para-hydroxylation sites is 1. The van der Waals surface area contributed by atoms with Gasteiger partial charge in [0.05, 0.1) is 17.8 Å². The minimum absolute atomic E-state index is 0.0908. The molecule has 0 unspecified atom stereocenters. The summed E-state index contributed by atoms with van der Waals surface area (Å²) in [6.07, 6.45) is 4.10. The molecule has 1 fully saturated rings. The van der Waals surface area contributed by atoms with Crippen LogP contribution in [0.3, 0.4) is 0 Å². The average molecular weight is 524 g/mol. The van der Waals surface area contributed by atoms with Gasteiger partial charge in [0.1, 0.15) is 11.5 Å². The number of anilines is 2. The second kappa shape index (κ2) is 11.7. The molecule has 2 N–H and O–H groups in total. The van der Waals surface area contributed by atoms with E-state index in [9.17, 15) is 4.79 Å². The quantitative estimate of drug-likeness (QED) is 0.307. The Labute approximate surface area is 230 Å². The summed E-state index contributed by atoms with van der Waals surface area (Å²) in [7, 11) is 4.01. The van der Waals surface area contributed by atoms with Crippen LogP contribution in [0.25, 0.3) is 16.5 Å². The lowest BCUT2D eigenvalue weighted by molar-refractivity contribution is 0.0933. The summed E-state index contributed by atoms with van der Waals surface area (Å²) in [5, 5.41) is 12.4. The van der Waals surface area contributed by atoms with Gasteiger partial charge in [-0.15, -0.1) is 0 Å². The van der Waals surface area contributed by atoms with Crippen LogP contribution in [0.15, 0.2) is 67.2 Å². The van der Waals surface area contributed by atoms with E-state index in [-0.39, 0.29) is 5.91 Å². The summed E-state index contributed by atoms with van der Waals surface area (Å²) in [4.78, 5) is 24.8. The second-order valence-corrected chi connectivity index (χ2v) is 10.7. The van der Waals surface area contributed by atoms with E-state index in [0.717, 1.165) is 59.2 Å². The molecule has 0 saturated heterocycles. The van der Waals surface area contributed by atoms with Crippen molar-refractivity contribution in [3.05, 3.63) is 84.2 Å². The molecule has 8 heteroatoms. The number of nitrogens with zero attached hydrogens (tertiary/aromatic N) is 5. The fraction of sp³-hybridized carbons (Fsp3) is 0.355. The van der Waals surface area contributed by atoms with Crippen LogP contribution < -0.4 is 15.5 Å². The highest BCUT2D eigenvalue weighted by Crippen LogP contribution is 2.28. The van der Waals surface area contributed by atoms with E-state index >= 15 is 0 Å². The molecule has 2 heterocycles. The molecule has 2 aromatic heterocycles. The van der Waals surface area contributed by atoms with Gasteiger partial charge in [-0.05, 0) is 67.9 Å². The average Bonchev–Trinajstić information content (AvgIpc) is 3.37. The fourth-order valence-corrected chi connectivity index (χ4v) is 5.17. The zero-order valence-electron chi connectivity index (χ0n) is 23.0. The lowest BCUT2D eigenvalue weighted by Crippen LogP contribution is -2.35. The highest BCUT2D eigenvalue weighted by atomic mass is 16.2. The summed E-state index contributed by atoms with van der Waals surface area (Å²) < 4.78 is 1.78. The van der Waals surface area contributed by atoms with E-state index < -0.39 is 0 Å². The molecular formula is C31H37N7O. The molecule has 1 saturated carbocycles. The van der Waals surface area contributed by atoms with Gasteiger partial charge in [0.2, 0.25) is 5.95 Å². The van der Waals surface area contributed by atoms with Gasteiger partial charge in [-0.2, -0.15) is 10.1 Å². The minimum atomic E-state index is -0.0908. The van der Waals surface area contributed by atoms with Crippen molar-refractivity contribution in [2.45, 2.75) is 45.2 Å². The van der Waals surface area contributed by atoms with Crippen LogP contribution in [0.4, 0.5) is 11.8 Å². The lowest BCUT2D eigenvalue weighted by atomic mass is 9.86. The molecule has 0 bridgehead atoms. The zero-order valence-corrected chi connectivity index (χ0v) is 23.0. The highest BCUT2D eigenvalue weighted by Gasteiger charge is 2.24. The van der Waals surface area contributed by atoms with Crippen molar-refractivity contribution < 1.29 is 4.79 Å². The Hall–Kier alpha value is -4.20. The molecule has 8 nitrogen and oxygen atoms in total. The first kappa shape index (κ1) is 26.4. The fourth-order valence-electron chi connectivity index (χ4n) is 5.17. The first-order valence-corrected chi connectivity index (χ1v) is 13.6. The minimum Gasteiger partial charge on any atom is -0.362 e. The SMILES string of the molecule is C=C(C)c1cc(C(=O)NC[C@H]2CC[C@@H](Nc3nc(N(C)C)c4ccccc4n3)CC2)n(Cc2ccccc2)n1. The maximum Gasteiger partial charge on any atom is 0.269 e. The van der Waals surface area contributed by atoms with Gasteiger partial charge in [0.25, 0.3) is 5.91 Å². The van der Waals surface area contributed by atoms with Gasteiger partial charge < -0.3 is 15.5 Å². The van der Waals surface area contributed by atoms with Gasteiger partial charge in [0, 0.05) is 32.1 Å². The third-order valence-corrected chi connectivity index (χ3v) is 7.36. The molecular weight excluding hydrogens is 486 g/mol. The van der Waals surface area contributed by atoms with Crippen molar-refractivity contribution in [3.8, 4) is 0 Å². The molecule has 1 aliphatic rings. The normalized spacial score (nSPS) is 17.1. The molecule has 0 spiro atoms. The number of rotatable bonds is 9. The highest BCUT2D eigenvalue weighted by molar-refractivity contribution is 5.93. The molecule has 1 aliphatic carbocycles. The number of aromatic nitrogens is 4. The first-order chi connectivity index (χ1) is 18.9. The van der Waals surface area contributed by atoms with E-state index in [2.05, 4.69) is 28.4 Å². The molecule has 5 rings (SSSR count). The maximum atomic E-state index is 13.2. The molecule has 4 aromatic rings. The molecule has 39 heavy (non-hydrogen) atoms. The van der Waals surface area contributed by atoms with Crippen LogP contribution in [0, 0.1) is 5.92 Å². The third-order valence-electron chi connectivity index (χ3n) is 7.36. The summed E-state index contributed by atoms with van der Waals surface area (Å²) in [5.41, 5.74) is 4.20. The Morgan fingerprint density at radius 2 is 1.74 bits per heavy atom. The van der Waals surface area contributed by atoms with E-state index in [4.69, 9.17) is 9.97 Å². The number of nitrogens with one attached hydrogen (secondary N) is 2. The number of amides is 1. The van der Waals surface area contributed by atoms with Crippen molar-refractivity contribution in [2.24, 2.45) is 5.92 Å². The van der Waals surface area contributed by atoms with Gasteiger partial charge >= 0.3 is 0 Å². The molecule has 0 aliphatic heterocycles. The number of hydrogen-bond acceptors (Lipinski definition) is 6. The summed E-state index contributed by atoms with van der Waals surface area (Å²) >= 11 is 0. The van der Waals surface area contributed by atoms with Crippen molar-refractivity contribution in [3.63, 3.8) is 0 Å². The van der Waals surface area contributed by atoms with Crippen LogP contribution in [0.5, 0.6) is 0 Å². The van der Waals surface area contributed by atoms with Crippen molar-refractivity contribution >= 4 is 34.1 Å². The summed E-state index contributed by atoms with van der Waals surface area (Å²) in [6, 6.07) is 20.3. The van der Waals surface area contributed by atoms with Crippen molar-refractivity contribution in [1.29, 1.82) is 0 Å². The van der Waals surface area contributed by atoms with Crippen LogP contribution in [0.2, 0.25) is 0 Å². The van der Waals surface area contributed by atoms with Gasteiger partial charge in [-0.1, -0.05) is 49.0 Å². The molecule has 202 valence electrons. The van der Waals surface area contributed by atoms with Gasteiger partial charge in [-0.25, -0.2) is 4.98 Å². The number of carbonyl (C=O) groups excluding carboxylic acids is 1. The van der Waals surface area contributed by atoms with Crippen LogP contribution >= 0.6 is 0 Å². The topological polar surface area (TPSA) is 88.0 Å². The smallest absolute Gasteiger partial charge is 0.269 e. The van der Waals surface area contributed by atoms with Crippen LogP contribution in [-0.4, -0.2) is 52.3 Å². The molecule has 1 amide bonds. The van der Waals surface area contributed by atoms with E-state index in [1.165, 1.54) is 0 Å². The van der Waals surface area contributed by atoms with Gasteiger partial charge in [0.15, 0.2) is 0 Å². The van der Waals surface area contributed by atoms with Crippen LogP contribution in [-0.2, 0) is 6.54 Å². The number of carbonyl (C=O) groups is 1. The Balaban J connectivity index is 1.17. The first-order valence-electron chi connectivity index (χ1n) is 13.6. The van der Waals surface area contributed by atoms with Gasteiger partial charge in [-0.3, -0.25) is 9.48 Å². The van der Waals surface area contributed by atoms with Crippen LogP contribution in [0.1, 0.15) is 54.4 Å². The molecule has 2 aromatic carbocycles. The van der Waals surface area contributed by atoms with E-state index in [1.54, 1.807) is 4.68 Å². The monoisotopic (exact) mass is 523 g/mol. The Morgan fingerprint density at radius 3 is 2.46 bits per heavy atom. The Kier molecular flexibility index (Phi) is 7.91. The van der Waals surface area contributed by atoms with E-state index in [0.29, 0.717) is 36.7 Å². The molecule has 0 atom stereocenters. The number of allylic oxidation sites excluding steroid dienone is 1. The predicted octanol–water partition coefficient (Wildman–Crippen LogP) is 5.37. The number of benzene rings is 2. The summed E-state index contributed by atoms with van der Waals surface area (Å²) in [5.74, 6) is 1.94.